The van der Waals surface area contributed by atoms with Gasteiger partial charge in [0.25, 0.3) is 0 Å². The molecule has 3 rings (SSSR count). The van der Waals surface area contributed by atoms with E-state index in [0.29, 0.717) is 18.6 Å². The van der Waals surface area contributed by atoms with E-state index in [1.54, 1.807) is 7.11 Å². The van der Waals surface area contributed by atoms with Crippen LogP contribution >= 0.6 is 11.6 Å². The predicted octanol–water partition coefficient (Wildman–Crippen LogP) is 4.80. The van der Waals surface area contributed by atoms with Gasteiger partial charge in [-0.3, -0.25) is 0 Å². The largest absolute Gasteiger partial charge is 0.380 e. The third kappa shape index (κ3) is 5.05. The lowest BCUT2D eigenvalue weighted by molar-refractivity contribution is 0.183. The monoisotopic (exact) mass is 404 g/mol. The van der Waals surface area contributed by atoms with Gasteiger partial charge in [0.2, 0.25) is 5.13 Å². The number of hydrogen-bond donors (Lipinski definition) is 1. The molecule has 0 saturated carbocycles. The van der Waals surface area contributed by atoms with Crippen LogP contribution < -0.4 is 10.2 Å². The first-order valence-corrected chi connectivity index (χ1v) is 10.5. The molecular formula is C23H30ClFN2O. The second-order valence-electron chi connectivity index (χ2n) is 7.34. The van der Waals surface area contributed by atoms with Gasteiger partial charge < -0.3 is 15.0 Å². The van der Waals surface area contributed by atoms with E-state index in [-0.39, 0.29) is 6.42 Å². The van der Waals surface area contributed by atoms with Crippen LogP contribution in [0, 0.1) is 0 Å². The van der Waals surface area contributed by atoms with E-state index in [1.807, 2.05) is 42.5 Å². The zero-order chi connectivity index (χ0) is 20.0. The van der Waals surface area contributed by atoms with E-state index < -0.39 is 5.13 Å². The van der Waals surface area contributed by atoms with Crippen molar-refractivity contribution in [2.75, 3.05) is 38.2 Å². The first-order chi connectivity index (χ1) is 13.5. The van der Waals surface area contributed by atoms with Crippen LogP contribution in [0.2, 0.25) is 0 Å². The molecule has 1 unspecified atom stereocenters. The standard InChI is InChI=1S/C23H30ClFN2O/c1-3-18-16-21(8-9-22(18)27-14-12-26-13-15-27)23(24,25)11-10-19-6-4-5-7-20(19)17-28-2/h4-9,16,26H,3,10-15,17H2,1-2H3. The normalized spacial score (nSPS) is 16.8. The highest BCUT2D eigenvalue weighted by atomic mass is 35.5. The lowest BCUT2D eigenvalue weighted by atomic mass is 9.96. The van der Waals surface area contributed by atoms with Crippen molar-refractivity contribution in [3.8, 4) is 0 Å². The Balaban J connectivity index is 1.76. The molecule has 0 amide bonds. The predicted molar refractivity (Wildman–Crippen MR) is 115 cm³/mol. The minimum absolute atomic E-state index is 0.228. The molecule has 1 N–H and O–H groups in total. The van der Waals surface area contributed by atoms with Crippen LogP contribution in [-0.4, -0.2) is 33.3 Å². The molecule has 152 valence electrons. The average Bonchev–Trinajstić information content (AvgIpc) is 2.73. The fraction of sp³-hybridized carbons (Fsp3) is 0.478. The molecular weight excluding hydrogens is 375 g/mol. The Labute approximate surface area is 172 Å². The molecule has 28 heavy (non-hydrogen) atoms. The van der Waals surface area contributed by atoms with E-state index in [0.717, 1.165) is 49.3 Å². The van der Waals surface area contributed by atoms with Crippen LogP contribution in [0.3, 0.4) is 0 Å². The third-order valence-corrected chi connectivity index (χ3v) is 5.87. The van der Waals surface area contributed by atoms with Gasteiger partial charge in [-0.1, -0.05) is 48.9 Å². The summed E-state index contributed by atoms with van der Waals surface area (Å²) in [5, 5.41) is 1.49. The number of alkyl halides is 2. The molecule has 0 aromatic heterocycles. The van der Waals surface area contributed by atoms with E-state index in [9.17, 15) is 0 Å². The molecule has 1 fully saturated rings. The molecule has 0 aliphatic carbocycles. The second kappa shape index (κ2) is 9.73. The van der Waals surface area contributed by atoms with Crippen molar-refractivity contribution in [3.63, 3.8) is 0 Å². The summed E-state index contributed by atoms with van der Waals surface area (Å²) in [7, 11) is 1.67. The quantitative estimate of drug-likeness (QED) is 0.639. The summed E-state index contributed by atoms with van der Waals surface area (Å²) in [6.45, 7) is 6.55. The van der Waals surface area contributed by atoms with E-state index >= 15 is 4.39 Å². The van der Waals surface area contributed by atoms with Crippen molar-refractivity contribution < 1.29 is 9.13 Å². The highest BCUT2D eigenvalue weighted by molar-refractivity contribution is 6.22. The van der Waals surface area contributed by atoms with Crippen molar-refractivity contribution in [1.29, 1.82) is 0 Å². The van der Waals surface area contributed by atoms with Crippen molar-refractivity contribution in [2.24, 2.45) is 0 Å². The maximum Gasteiger partial charge on any atom is 0.209 e. The highest BCUT2D eigenvalue weighted by Crippen LogP contribution is 2.38. The van der Waals surface area contributed by atoms with Crippen molar-refractivity contribution in [2.45, 2.75) is 37.9 Å². The molecule has 0 radical (unpaired) electrons. The highest BCUT2D eigenvalue weighted by Gasteiger charge is 2.30. The second-order valence-corrected chi connectivity index (χ2v) is 7.94. The Morgan fingerprint density at radius 3 is 2.50 bits per heavy atom. The molecule has 1 heterocycles. The van der Waals surface area contributed by atoms with Gasteiger partial charge in [-0.05, 0) is 41.7 Å². The number of aryl methyl sites for hydroxylation is 2. The molecule has 1 aliphatic rings. The Kier molecular flexibility index (Phi) is 7.33. The number of rotatable bonds is 8. The number of halogens is 2. The van der Waals surface area contributed by atoms with Crippen molar-refractivity contribution in [3.05, 3.63) is 64.7 Å². The third-order valence-electron chi connectivity index (χ3n) is 5.47. The first kappa shape index (κ1) is 21.1. The van der Waals surface area contributed by atoms with E-state index in [4.69, 9.17) is 16.3 Å². The summed E-state index contributed by atoms with van der Waals surface area (Å²) in [5.41, 5.74) is 5.07. The van der Waals surface area contributed by atoms with Crippen molar-refractivity contribution >= 4 is 17.3 Å². The van der Waals surface area contributed by atoms with Gasteiger partial charge in [0, 0.05) is 51.0 Å². The Bertz CT molecular complexity index is 775. The number of anilines is 1. The summed E-state index contributed by atoms with van der Waals surface area (Å²) < 4.78 is 20.7. The number of benzene rings is 2. The maximum atomic E-state index is 15.4. The zero-order valence-electron chi connectivity index (χ0n) is 16.8. The molecule has 0 spiro atoms. The molecule has 3 nitrogen and oxygen atoms in total. The number of hydrogen-bond acceptors (Lipinski definition) is 3. The van der Waals surface area contributed by atoms with E-state index in [1.165, 1.54) is 5.69 Å². The zero-order valence-corrected chi connectivity index (χ0v) is 17.6. The van der Waals surface area contributed by atoms with Crippen LogP contribution in [0.4, 0.5) is 10.1 Å². The van der Waals surface area contributed by atoms with Crippen LogP contribution in [0.15, 0.2) is 42.5 Å². The van der Waals surface area contributed by atoms with Crippen LogP contribution in [-0.2, 0) is 29.3 Å². The van der Waals surface area contributed by atoms with Gasteiger partial charge in [0.05, 0.1) is 6.61 Å². The summed E-state index contributed by atoms with van der Waals surface area (Å²) in [6, 6.07) is 13.8. The average molecular weight is 405 g/mol. The fourth-order valence-electron chi connectivity index (χ4n) is 3.84. The van der Waals surface area contributed by atoms with E-state index in [2.05, 4.69) is 17.1 Å². The molecule has 1 atom stereocenters. The number of nitrogens with one attached hydrogen (secondary N) is 1. The lowest BCUT2D eigenvalue weighted by Crippen LogP contribution is -2.43. The molecule has 5 heteroatoms. The number of nitrogens with zero attached hydrogens (tertiary/aromatic N) is 1. The smallest absolute Gasteiger partial charge is 0.209 e. The molecule has 1 saturated heterocycles. The molecule has 1 aliphatic heterocycles. The minimum Gasteiger partial charge on any atom is -0.380 e. The number of piperazine rings is 1. The summed E-state index contributed by atoms with van der Waals surface area (Å²) in [6.07, 6.45) is 1.66. The van der Waals surface area contributed by atoms with Gasteiger partial charge >= 0.3 is 0 Å². The lowest BCUT2D eigenvalue weighted by Gasteiger charge is -2.32. The van der Waals surface area contributed by atoms with Crippen molar-refractivity contribution in [1.82, 2.24) is 5.32 Å². The Morgan fingerprint density at radius 2 is 1.82 bits per heavy atom. The van der Waals surface area contributed by atoms with Crippen LogP contribution in [0.25, 0.3) is 0 Å². The first-order valence-electron chi connectivity index (χ1n) is 10.1. The summed E-state index contributed by atoms with van der Waals surface area (Å²) in [4.78, 5) is 2.37. The van der Waals surface area contributed by atoms with Crippen LogP contribution in [0.5, 0.6) is 0 Å². The number of ether oxygens (including phenoxy) is 1. The van der Waals surface area contributed by atoms with Gasteiger partial charge in [-0.15, -0.1) is 0 Å². The van der Waals surface area contributed by atoms with Gasteiger partial charge in [-0.25, -0.2) is 4.39 Å². The Hall–Kier alpha value is -1.62. The van der Waals surface area contributed by atoms with Crippen LogP contribution in [0.1, 0.15) is 35.6 Å². The summed E-state index contributed by atoms with van der Waals surface area (Å²) >= 11 is 6.39. The topological polar surface area (TPSA) is 24.5 Å². The fourth-order valence-corrected chi connectivity index (χ4v) is 4.06. The van der Waals surface area contributed by atoms with Gasteiger partial charge in [-0.2, -0.15) is 0 Å². The Morgan fingerprint density at radius 1 is 1.11 bits per heavy atom. The maximum absolute atomic E-state index is 15.4. The SMILES string of the molecule is CCc1cc(C(F)(Cl)CCc2ccccc2COC)ccc1N1CCNCC1. The summed E-state index contributed by atoms with van der Waals surface area (Å²) in [5.74, 6) is 0. The van der Waals surface area contributed by atoms with Gasteiger partial charge in [0.15, 0.2) is 0 Å². The molecule has 2 aromatic carbocycles. The van der Waals surface area contributed by atoms with Gasteiger partial charge in [0.1, 0.15) is 0 Å². The number of methoxy groups -OCH3 is 1. The minimum atomic E-state index is -1.88. The molecule has 0 bridgehead atoms. The molecule has 2 aromatic rings.